The normalized spacial score (nSPS) is 13.3. The molecule has 3 rings (SSSR count). The maximum absolute atomic E-state index is 4.42. The van der Waals surface area contributed by atoms with Gasteiger partial charge in [-0.05, 0) is 23.6 Å². The Morgan fingerprint density at radius 3 is 2.80 bits per heavy atom. The Labute approximate surface area is 89.0 Å². The molecular weight excluding hydrogens is 184 g/mol. The maximum Gasteiger partial charge on any atom is 0.129 e. The Bertz CT molecular complexity index is 477. The lowest BCUT2D eigenvalue weighted by atomic mass is 10.1. The third-order valence-corrected chi connectivity index (χ3v) is 2.76. The molecule has 15 heavy (non-hydrogen) atoms. The summed E-state index contributed by atoms with van der Waals surface area (Å²) in [5, 5.41) is 3.27. The molecule has 2 nitrogen and oxygen atoms in total. The molecule has 0 fully saturated rings. The van der Waals surface area contributed by atoms with Crippen molar-refractivity contribution in [3.63, 3.8) is 0 Å². The minimum atomic E-state index is 1.01. The van der Waals surface area contributed by atoms with E-state index in [1.807, 2.05) is 12.3 Å². The van der Waals surface area contributed by atoms with E-state index in [2.05, 4.69) is 40.6 Å². The zero-order chi connectivity index (χ0) is 10.1. The fraction of sp³-hybridized carbons (Fsp3) is 0.154. The van der Waals surface area contributed by atoms with Crippen LogP contribution in [0.25, 0.3) is 11.1 Å². The largest absolute Gasteiger partial charge is 0.370 e. The zero-order valence-corrected chi connectivity index (χ0v) is 8.40. The van der Waals surface area contributed by atoms with Crippen molar-refractivity contribution in [3.05, 3.63) is 48.2 Å². The summed E-state index contributed by atoms with van der Waals surface area (Å²) in [5.41, 5.74) is 3.77. The lowest BCUT2D eigenvalue weighted by Gasteiger charge is -2.03. The first kappa shape index (κ1) is 8.48. The van der Waals surface area contributed by atoms with Crippen molar-refractivity contribution >= 4 is 5.82 Å². The number of rotatable bonds is 1. The topological polar surface area (TPSA) is 24.9 Å². The highest BCUT2D eigenvalue weighted by Gasteiger charge is 2.11. The summed E-state index contributed by atoms with van der Waals surface area (Å²) in [4.78, 5) is 4.42. The molecule has 0 atom stereocenters. The van der Waals surface area contributed by atoms with Crippen LogP contribution in [-0.4, -0.2) is 11.5 Å². The Hall–Kier alpha value is -1.83. The second-order valence-corrected chi connectivity index (χ2v) is 3.77. The predicted molar refractivity (Wildman–Crippen MR) is 61.9 cm³/mol. The summed E-state index contributed by atoms with van der Waals surface area (Å²) in [6, 6.07) is 12.6. The van der Waals surface area contributed by atoms with Crippen LogP contribution in [0.1, 0.15) is 5.56 Å². The zero-order valence-electron chi connectivity index (χ0n) is 8.40. The summed E-state index contributed by atoms with van der Waals surface area (Å²) < 4.78 is 0. The van der Waals surface area contributed by atoms with Gasteiger partial charge in [-0.1, -0.05) is 30.3 Å². The number of hydrogen-bond donors (Lipinski definition) is 1. The summed E-state index contributed by atoms with van der Waals surface area (Å²) in [5.74, 6) is 1.05. The highest BCUT2D eigenvalue weighted by atomic mass is 15.0. The van der Waals surface area contributed by atoms with Crippen molar-refractivity contribution in [2.75, 3.05) is 11.9 Å². The van der Waals surface area contributed by atoms with E-state index in [1.165, 1.54) is 16.7 Å². The second-order valence-electron chi connectivity index (χ2n) is 3.77. The molecule has 0 unspecified atom stereocenters. The molecule has 1 aliphatic heterocycles. The quantitative estimate of drug-likeness (QED) is 0.758. The first-order valence-electron chi connectivity index (χ1n) is 5.22. The number of pyridine rings is 1. The molecule has 2 heteroatoms. The summed E-state index contributed by atoms with van der Waals surface area (Å²) in [6.45, 7) is 1.01. The van der Waals surface area contributed by atoms with Crippen molar-refractivity contribution in [2.45, 2.75) is 6.42 Å². The van der Waals surface area contributed by atoms with Crippen molar-refractivity contribution in [2.24, 2.45) is 0 Å². The number of nitrogens with one attached hydrogen (secondary N) is 1. The Morgan fingerprint density at radius 1 is 1.07 bits per heavy atom. The van der Waals surface area contributed by atoms with E-state index in [9.17, 15) is 0 Å². The van der Waals surface area contributed by atoms with Gasteiger partial charge in [-0.2, -0.15) is 0 Å². The lowest BCUT2D eigenvalue weighted by molar-refractivity contribution is 1.11. The molecule has 0 spiro atoms. The standard InChI is InChI=1S/C13H12N2/c1-2-4-10(5-3-1)12-8-11-6-7-14-13(11)15-9-12/h1-5,8-9H,6-7H2,(H,14,15). The van der Waals surface area contributed by atoms with Gasteiger partial charge >= 0.3 is 0 Å². The van der Waals surface area contributed by atoms with Gasteiger partial charge in [0, 0.05) is 18.3 Å². The molecular formula is C13H12N2. The molecule has 0 bridgehead atoms. The molecule has 1 aliphatic rings. The van der Waals surface area contributed by atoms with Gasteiger partial charge in [0.1, 0.15) is 5.82 Å². The van der Waals surface area contributed by atoms with Crippen molar-refractivity contribution < 1.29 is 0 Å². The summed E-state index contributed by atoms with van der Waals surface area (Å²) in [6.07, 6.45) is 3.02. The van der Waals surface area contributed by atoms with Gasteiger partial charge in [0.2, 0.25) is 0 Å². The minimum Gasteiger partial charge on any atom is -0.370 e. The molecule has 2 heterocycles. The van der Waals surface area contributed by atoms with Crippen LogP contribution in [0.3, 0.4) is 0 Å². The highest BCUT2D eigenvalue weighted by molar-refractivity contribution is 5.66. The number of aromatic nitrogens is 1. The van der Waals surface area contributed by atoms with Crippen LogP contribution in [0.5, 0.6) is 0 Å². The fourth-order valence-electron chi connectivity index (χ4n) is 1.96. The van der Waals surface area contributed by atoms with E-state index in [0.29, 0.717) is 0 Å². The van der Waals surface area contributed by atoms with E-state index >= 15 is 0 Å². The number of benzene rings is 1. The van der Waals surface area contributed by atoms with Gasteiger partial charge in [0.05, 0.1) is 0 Å². The molecule has 1 N–H and O–H groups in total. The number of fused-ring (bicyclic) bond motifs is 1. The van der Waals surface area contributed by atoms with Crippen molar-refractivity contribution in [3.8, 4) is 11.1 Å². The van der Waals surface area contributed by atoms with E-state index in [0.717, 1.165) is 18.8 Å². The molecule has 2 aromatic rings. The van der Waals surface area contributed by atoms with Crippen molar-refractivity contribution in [1.82, 2.24) is 4.98 Å². The van der Waals surface area contributed by atoms with Gasteiger partial charge < -0.3 is 5.32 Å². The van der Waals surface area contributed by atoms with E-state index < -0.39 is 0 Å². The average molecular weight is 196 g/mol. The molecule has 0 radical (unpaired) electrons. The van der Waals surface area contributed by atoms with Crippen LogP contribution in [0.15, 0.2) is 42.6 Å². The number of nitrogens with zero attached hydrogens (tertiary/aromatic N) is 1. The van der Waals surface area contributed by atoms with Gasteiger partial charge in [0.15, 0.2) is 0 Å². The third kappa shape index (κ3) is 1.48. The van der Waals surface area contributed by atoms with Crippen LogP contribution in [-0.2, 0) is 6.42 Å². The predicted octanol–water partition coefficient (Wildman–Crippen LogP) is 2.72. The molecule has 1 aromatic carbocycles. The number of anilines is 1. The first-order chi connectivity index (χ1) is 7.43. The smallest absolute Gasteiger partial charge is 0.129 e. The first-order valence-corrected chi connectivity index (χ1v) is 5.22. The summed E-state index contributed by atoms with van der Waals surface area (Å²) >= 11 is 0. The molecule has 74 valence electrons. The van der Waals surface area contributed by atoms with Crippen LogP contribution < -0.4 is 5.32 Å². The van der Waals surface area contributed by atoms with Crippen molar-refractivity contribution in [1.29, 1.82) is 0 Å². The highest BCUT2D eigenvalue weighted by Crippen LogP contribution is 2.25. The lowest BCUT2D eigenvalue weighted by Crippen LogP contribution is -1.92. The molecule has 1 aromatic heterocycles. The number of hydrogen-bond acceptors (Lipinski definition) is 2. The monoisotopic (exact) mass is 196 g/mol. The fourth-order valence-corrected chi connectivity index (χ4v) is 1.96. The molecule has 0 saturated carbocycles. The SMILES string of the molecule is c1ccc(-c2cnc3c(c2)CCN3)cc1. The Morgan fingerprint density at radius 2 is 1.93 bits per heavy atom. The Kier molecular flexibility index (Phi) is 1.91. The van der Waals surface area contributed by atoms with Crippen LogP contribution in [0, 0.1) is 0 Å². The van der Waals surface area contributed by atoms with Gasteiger partial charge in [0.25, 0.3) is 0 Å². The van der Waals surface area contributed by atoms with Crippen LogP contribution in [0.2, 0.25) is 0 Å². The van der Waals surface area contributed by atoms with Crippen LogP contribution in [0.4, 0.5) is 5.82 Å². The molecule has 0 saturated heterocycles. The van der Waals surface area contributed by atoms with E-state index in [1.54, 1.807) is 0 Å². The van der Waals surface area contributed by atoms with Gasteiger partial charge in [-0.15, -0.1) is 0 Å². The van der Waals surface area contributed by atoms with Gasteiger partial charge in [-0.25, -0.2) is 4.98 Å². The Balaban J connectivity index is 2.07. The molecule has 0 aliphatic carbocycles. The van der Waals surface area contributed by atoms with Gasteiger partial charge in [-0.3, -0.25) is 0 Å². The van der Waals surface area contributed by atoms with E-state index in [-0.39, 0.29) is 0 Å². The second kappa shape index (κ2) is 3.39. The average Bonchev–Trinajstić information content (AvgIpc) is 2.77. The van der Waals surface area contributed by atoms with E-state index in [4.69, 9.17) is 0 Å². The minimum absolute atomic E-state index is 1.01. The van der Waals surface area contributed by atoms with Crippen LogP contribution >= 0.6 is 0 Å². The summed E-state index contributed by atoms with van der Waals surface area (Å²) in [7, 11) is 0. The molecule has 0 amide bonds. The maximum atomic E-state index is 4.42. The third-order valence-electron chi connectivity index (χ3n) is 2.76.